The summed E-state index contributed by atoms with van der Waals surface area (Å²) in [6.45, 7) is -0.0443. The van der Waals surface area contributed by atoms with Gasteiger partial charge in [0.25, 0.3) is 0 Å². The van der Waals surface area contributed by atoms with E-state index in [-0.39, 0.29) is 29.7 Å². The van der Waals surface area contributed by atoms with Crippen LogP contribution in [-0.4, -0.2) is 46.0 Å². The lowest BCUT2D eigenvalue weighted by Crippen LogP contribution is -2.28. The maximum Gasteiger partial charge on any atom is 0.244 e. The number of sulfonamides is 1. The van der Waals surface area contributed by atoms with Crippen molar-refractivity contribution in [1.82, 2.24) is 14.9 Å². The third-order valence-corrected chi connectivity index (χ3v) is 5.57. The average molecular weight is 433 g/mol. The van der Waals surface area contributed by atoms with Gasteiger partial charge >= 0.3 is 0 Å². The minimum atomic E-state index is -3.97. The molecule has 0 amide bonds. The maximum atomic E-state index is 13.4. The zero-order valence-electron chi connectivity index (χ0n) is 16.3. The van der Waals surface area contributed by atoms with Gasteiger partial charge in [0.05, 0.1) is 19.9 Å². The van der Waals surface area contributed by atoms with Crippen LogP contribution >= 0.6 is 0 Å². The van der Waals surface area contributed by atoms with Crippen LogP contribution in [0.25, 0.3) is 11.3 Å². The van der Waals surface area contributed by atoms with E-state index in [9.17, 15) is 12.8 Å². The Morgan fingerprint density at radius 3 is 2.37 bits per heavy atom. The van der Waals surface area contributed by atoms with Gasteiger partial charge in [-0.05, 0) is 48.5 Å². The molecule has 3 aromatic rings. The summed E-state index contributed by atoms with van der Waals surface area (Å²) in [5.41, 5.74) is 1.52. The van der Waals surface area contributed by atoms with Crippen molar-refractivity contribution in [3.63, 3.8) is 0 Å². The molecule has 3 rings (SSSR count). The van der Waals surface area contributed by atoms with E-state index in [1.54, 1.807) is 19.2 Å². The predicted octanol–water partition coefficient (Wildman–Crippen LogP) is 2.66. The molecular formula is C20H20FN3O5S. The largest absolute Gasteiger partial charge is 0.497 e. The standard InChI is InChI=1S/C20H20FN3O5S/c1-27-16-6-3-14(4-7-16)17-8-10-20(24-23-17)29-12-11-22-30(25,26)19-13-15(21)5-9-18(19)28-2/h3-10,13,22H,11-12H2,1-2H3. The average Bonchev–Trinajstić information content (AvgIpc) is 2.77. The maximum absolute atomic E-state index is 13.4. The van der Waals surface area contributed by atoms with Crippen LogP contribution in [0.15, 0.2) is 59.5 Å². The zero-order valence-corrected chi connectivity index (χ0v) is 17.1. The first-order chi connectivity index (χ1) is 14.4. The molecule has 30 heavy (non-hydrogen) atoms. The van der Waals surface area contributed by atoms with Crippen LogP contribution in [0.2, 0.25) is 0 Å². The predicted molar refractivity (Wildman–Crippen MR) is 108 cm³/mol. The molecule has 0 fully saturated rings. The topological polar surface area (TPSA) is 99.6 Å². The van der Waals surface area contributed by atoms with Gasteiger partial charge < -0.3 is 14.2 Å². The van der Waals surface area contributed by atoms with Crippen molar-refractivity contribution < 1.29 is 27.0 Å². The van der Waals surface area contributed by atoms with Crippen molar-refractivity contribution >= 4 is 10.0 Å². The first-order valence-corrected chi connectivity index (χ1v) is 10.4. The van der Waals surface area contributed by atoms with Gasteiger partial charge in [0.1, 0.15) is 28.8 Å². The number of benzene rings is 2. The van der Waals surface area contributed by atoms with Crippen LogP contribution in [0.4, 0.5) is 4.39 Å². The first kappa shape index (κ1) is 21.5. The van der Waals surface area contributed by atoms with Crippen LogP contribution in [-0.2, 0) is 10.0 Å². The third-order valence-electron chi connectivity index (χ3n) is 4.09. The first-order valence-electron chi connectivity index (χ1n) is 8.87. The van der Waals surface area contributed by atoms with E-state index in [1.807, 2.05) is 24.3 Å². The van der Waals surface area contributed by atoms with Crippen LogP contribution < -0.4 is 18.9 Å². The van der Waals surface area contributed by atoms with Crippen molar-refractivity contribution in [2.24, 2.45) is 0 Å². The molecule has 1 N–H and O–H groups in total. The molecule has 0 atom stereocenters. The molecule has 2 aromatic carbocycles. The Bertz CT molecular complexity index is 1090. The minimum absolute atomic E-state index is 0.00736. The Hall–Kier alpha value is -3.24. The lowest BCUT2D eigenvalue weighted by atomic mass is 10.1. The highest BCUT2D eigenvalue weighted by Crippen LogP contribution is 2.24. The molecule has 8 nitrogen and oxygen atoms in total. The normalized spacial score (nSPS) is 11.2. The molecule has 158 valence electrons. The Morgan fingerprint density at radius 1 is 0.967 bits per heavy atom. The molecule has 10 heteroatoms. The molecule has 1 heterocycles. The van der Waals surface area contributed by atoms with Crippen molar-refractivity contribution in [2.75, 3.05) is 27.4 Å². The quantitative estimate of drug-likeness (QED) is 0.518. The molecule has 0 bridgehead atoms. The molecule has 0 saturated carbocycles. The van der Waals surface area contributed by atoms with E-state index < -0.39 is 15.8 Å². The number of methoxy groups -OCH3 is 2. The van der Waals surface area contributed by atoms with E-state index in [0.29, 0.717) is 5.69 Å². The summed E-state index contributed by atoms with van der Waals surface area (Å²) < 4.78 is 56.0. The number of ether oxygens (including phenoxy) is 3. The van der Waals surface area contributed by atoms with Crippen molar-refractivity contribution in [3.8, 4) is 28.6 Å². The van der Waals surface area contributed by atoms with Crippen LogP contribution in [0.1, 0.15) is 0 Å². The molecular weight excluding hydrogens is 413 g/mol. The summed E-state index contributed by atoms with van der Waals surface area (Å²) in [7, 11) is -1.07. The van der Waals surface area contributed by atoms with Gasteiger partial charge in [-0.25, -0.2) is 17.5 Å². The molecule has 0 radical (unpaired) electrons. The number of hydrogen-bond donors (Lipinski definition) is 1. The molecule has 0 unspecified atom stereocenters. The van der Waals surface area contributed by atoms with Gasteiger partial charge in [0.15, 0.2) is 0 Å². The lowest BCUT2D eigenvalue weighted by molar-refractivity contribution is 0.307. The zero-order chi connectivity index (χ0) is 21.6. The number of rotatable bonds is 9. The molecule has 0 aliphatic rings. The van der Waals surface area contributed by atoms with Crippen molar-refractivity contribution in [3.05, 3.63) is 60.4 Å². The summed E-state index contributed by atoms with van der Waals surface area (Å²) >= 11 is 0. The van der Waals surface area contributed by atoms with Gasteiger partial charge in [-0.15, -0.1) is 10.2 Å². The van der Waals surface area contributed by atoms with Crippen LogP contribution in [0.5, 0.6) is 17.4 Å². The second-order valence-electron chi connectivity index (χ2n) is 6.03. The summed E-state index contributed by atoms with van der Waals surface area (Å²) in [5, 5.41) is 8.08. The highest BCUT2D eigenvalue weighted by Gasteiger charge is 2.20. The van der Waals surface area contributed by atoms with Crippen LogP contribution in [0.3, 0.4) is 0 Å². The second-order valence-corrected chi connectivity index (χ2v) is 7.76. The third kappa shape index (κ3) is 5.22. The molecule has 1 aromatic heterocycles. The summed E-state index contributed by atoms with van der Waals surface area (Å²) in [6.07, 6.45) is 0. The van der Waals surface area contributed by atoms with Crippen molar-refractivity contribution in [1.29, 1.82) is 0 Å². The molecule has 0 saturated heterocycles. The number of halogens is 1. The SMILES string of the molecule is COc1ccc(-c2ccc(OCCNS(=O)(=O)c3cc(F)ccc3OC)nn2)cc1. The van der Waals surface area contributed by atoms with E-state index in [4.69, 9.17) is 14.2 Å². The number of aromatic nitrogens is 2. The van der Waals surface area contributed by atoms with Gasteiger partial charge in [0.2, 0.25) is 15.9 Å². The second kappa shape index (κ2) is 9.51. The molecule has 0 aliphatic heterocycles. The minimum Gasteiger partial charge on any atom is -0.497 e. The van der Waals surface area contributed by atoms with Gasteiger partial charge in [-0.2, -0.15) is 0 Å². The smallest absolute Gasteiger partial charge is 0.244 e. The number of nitrogens with one attached hydrogen (secondary N) is 1. The molecule has 0 aliphatic carbocycles. The highest BCUT2D eigenvalue weighted by atomic mass is 32.2. The van der Waals surface area contributed by atoms with Crippen molar-refractivity contribution in [2.45, 2.75) is 4.90 Å². The van der Waals surface area contributed by atoms with Gasteiger partial charge in [-0.1, -0.05) is 0 Å². The molecule has 0 spiro atoms. The lowest BCUT2D eigenvalue weighted by Gasteiger charge is -2.11. The van der Waals surface area contributed by atoms with E-state index in [1.165, 1.54) is 13.2 Å². The number of hydrogen-bond acceptors (Lipinski definition) is 7. The summed E-state index contributed by atoms with van der Waals surface area (Å²) in [5.74, 6) is 0.351. The Kier molecular flexibility index (Phi) is 6.80. The Balaban J connectivity index is 1.56. The summed E-state index contributed by atoms with van der Waals surface area (Å²) in [6, 6.07) is 14.0. The fourth-order valence-electron chi connectivity index (χ4n) is 2.58. The highest BCUT2D eigenvalue weighted by molar-refractivity contribution is 7.89. The fourth-order valence-corrected chi connectivity index (χ4v) is 3.77. The van der Waals surface area contributed by atoms with E-state index in [0.717, 1.165) is 23.4 Å². The van der Waals surface area contributed by atoms with Gasteiger partial charge in [-0.3, -0.25) is 0 Å². The summed E-state index contributed by atoms with van der Waals surface area (Å²) in [4.78, 5) is -0.284. The Morgan fingerprint density at radius 2 is 1.73 bits per heavy atom. The van der Waals surface area contributed by atoms with Crippen LogP contribution in [0, 0.1) is 5.82 Å². The monoisotopic (exact) mass is 433 g/mol. The fraction of sp³-hybridized carbons (Fsp3) is 0.200. The number of nitrogens with zero attached hydrogens (tertiary/aromatic N) is 2. The van der Waals surface area contributed by atoms with Gasteiger partial charge in [0, 0.05) is 18.2 Å². The van der Waals surface area contributed by atoms with E-state index >= 15 is 0 Å². The Labute approximate surface area is 173 Å². The van der Waals surface area contributed by atoms with E-state index in [2.05, 4.69) is 14.9 Å².